The molecule has 4 aliphatic heterocycles. The number of carbonyl (C=O) groups is 2. The third kappa shape index (κ3) is 4.63. The summed E-state index contributed by atoms with van der Waals surface area (Å²) >= 11 is 0. The minimum Gasteiger partial charge on any atom is -0.488 e. The summed E-state index contributed by atoms with van der Waals surface area (Å²) in [4.78, 5) is 29.1. The fourth-order valence-corrected chi connectivity index (χ4v) is 5.81. The van der Waals surface area contributed by atoms with Crippen molar-refractivity contribution in [3.8, 4) is 22.6 Å². The smallest absolute Gasteiger partial charge is 0.414 e. The average molecular weight is 507 g/mol. The van der Waals surface area contributed by atoms with E-state index in [1.165, 1.54) is 0 Å². The van der Waals surface area contributed by atoms with Crippen LogP contribution in [0, 0.1) is 11.8 Å². The molecule has 2 amide bonds. The van der Waals surface area contributed by atoms with Crippen molar-refractivity contribution < 1.29 is 28.5 Å². The Labute approximate surface area is 217 Å². The third-order valence-electron chi connectivity index (χ3n) is 8.00. The molecule has 3 fully saturated rings. The molecule has 0 bridgehead atoms. The number of ether oxygens (including phenoxy) is 4. The van der Waals surface area contributed by atoms with E-state index in [1.807, 2.05) is 35.2 Å². The Hall–Kier alpha value is -3.26. The summed E-state index contributed by atoms with van der Waals surface area (Å²) in [5, 5.41) is 0. The molecule has 0 aromatic heterocycles. The van der Waals surface area contributed by atoms with Gasteiger partial charge in [0.2, 0.25) is 5.91 Å². The standard InChI is InChI=1S/C29H34N2O6/c1-18(2)26-17-36-29(33)31(26)21-4-3-20-16-35-27-14-22(5-6-24(27)25(20)13-21)37-23-7-10-30(15-23)28(32)19-8-11-34-12-9-19/h3-6,13-14,18-19,23,26H,7-12,15-17H2,1-2H3/t23-,26-/m0/s1. The van der Waals surface area contributed by atoms with Gasteiger partial charge in [-0.3, -0.25) is 9.69 Å². The molecule has 0 saturated carbocycles. The van der Waals surface area contributed by atoms with Gasteiger partial charge in [-0.2, -0.15) is 0 Å². The van der Waals surface area contributed by atoms with Gasteiger partial charge >= 0.3 is 6.09 Å². The summed E-state index contributed by atoms with van der Waals surface area (Å²) in [7, 11) is 0. The maximum Gasteiger partial charge on any atom is 0.414 e. The van der Waals surface area contributed by atoms with E-state index in [9.17, 15) is 9.59 Å². The number of likely N-dealkylation sites (tertiary alicyclic amines) is 1. The van der Waals surface area contributed by atoms with Crippen molar-refractivity contribution in [2.45, 2.75) is 51.9 Å². The van der Waals surface area contributed by atoms with Gasteiger partial charge in [0.05, 0.1) is 12.6 Å². The molecule has 0 radical (unpaired) electrons. The quantitative estimate of drug-likeness (QED) is 0.588. The van der Waals surface area contributed by atoms with Crippen molar-refractivity contribution >= 4 is 17.7 Å². The second-order valence-corrected chi connectivity index (χ2v) is 10.7. The summed E-state index contributed by atoms with van der Waals surface area (Å²) in [6, 6.07) is 12.0. The lowest BCUT2D eigenvalue weighted by Crippen LogP contribution is -2.38. The van der Waals surface area contributed by atoms with Crippen LogP contribution < -0.4 is 14.4 Å². The van der Waals surface area contributed by atoms with Crippen LogP contribution in [-0.2, 0) is 20.9 Å². The Bertz CT molecular complexity index is 1190. The maximum atomic E-state index is 12.9. The number of cyclic esters (lactones) is 1. The zero-order valence-corrected chi connectivity index (χ0v) is 21.5. The Morgan fingerprint density at radius 3 is 2.68 bits per heavy atom. The minimum atomic E-state index is -0.296. The average Bonchev–Trinajstić information content (AvgIpc) is 3.55. The van der Waals surface area contributed by atoms with Gasteiger partial charge in [0.1, 0.15) is 30.8 Å². The molecule has 6 rings (SSSR count). The SMILES string of the molecule is CC(C)[C@@H]1COC(=O)N1c1ccc2c(c1)-c1ccc(O[C@H]3CCN(C(=O)C4CCOCC4)C3)cc1OC2. The van der Waals surface area contributed by atoms with E-state index in [0.717, 1.165) is 59.7 Å². The van der Waals surface area contributed by atoms with E-state index >= 15 is 0 Å². The molecule has 2 atom stereocenters. The third-order valence-corrected chi connectivity index (χ3v) is 8.00. The molecule has 37 heavy (non-hydrogen) atoms. The molecular weight excluding hydrogens is 472 g/mol. The molecule has 0 spiro atoms. The van der Waals surface area contributed by atoms with E-state index in [0.29, 0.717) is 33.0 Å². The number of rotatable bonds is 5. The van der Waals surface area contributed by atoms with E-state index in [-0.39, 0.29) is 36.0 Å². The van der Waals surface area contributed by atoms with E-state index in [4.69, 9.17) is 18.9 Å². The second kappa shape index (κ2) is 9.89. The van der Waals surface area contributed by atoms with Gasteiger partial charge in [0.15, 0.2) is 0 Å². The number of anilines is 1. The number of benzene rings is 2. The van der Waals surface area contributed by atoms with Crippen LogP contribution in [0.2, 0.25) is 0 Å². The molecule has 8 nitrogen and oxygen atoms in total. The van der Waals surface area contributed by atoms with Crippen LogP contribution in [0.3, 0.4) is 0 Å². The van der Waals surface area contributed by atoms with Gasteiger partial charge in [-0.1, -0.05) is 19.9 Å². The van der Waals surface area contributed by atoms with Gasteiger partial charge in [0.25, 0.3) is 0 Å². The number of fused-ring (bicyclic) bond motifs is 3. The number of amides is 2. The number of hydrogen-bond acceptors (Lipinski definition) is 6. The van der Waals surface area contributed by atoms with Crippen molar-refractivity contribution in [2.75, 3.05) is 37.8 Å². The molecule has 3 saturated heterocycles. The molecular formula is C29H34N2O6. The Morgan fingerprint density at radius 2 is 1.86 bits per heavy atom. The van der Waals surface area contributed by atoms with E-state index < -0.39 is 0 Å². The van der Waals surface area contributed by atoms with Crippen LogP contribution in [0.5, 0.6) is 11.5 Å². The number of nitrogens with zero attached hydrogens (tertiary/aromatic N) is 2. The lowest BCUT2D eigenvalue weighted by atomic mass is 9.95. The van der Waals surface area contributed by atoms with Gasteiger partial charge in [0, 0.05) is 49.4 Å². The van der Waals surface area contributed by atoms with Crippen molar-refractivity contribution in [3.63, 3.8) is 0 Å². The number of carbonyl (C=O) groups excluding carboxylic acids is 2. The largest absolute Gasteiger partial charge is 0.488 e. The molecule has 4 heterocycles. The van der Waals surface area contributed by atoms with Crippen LogP contribution in [0.1, 0.15) is 38.7 Å². The molecule has 0 unspecified atom stereocenters. The van der Waals surface area contributed by atoms with Crippen LogP contribution in [0.4, 0.5) is 10.5 Å². The number of hydrogen-bond donors (Lipinski definition) is 0. The Morgan fingerprint density at radius 1 is 1.03 bits per heavy atom. The van der Waals surface area contributed by atoms with Crippen molar-refractivity contribution in [3.05, 3.63) is 42.0 Å². The Kier molecular flexibility index (Phi) is 6.44. The zero-order chi connectivity index (χ0) is 25.5. The highest BCUT2D eigenvalue weighted by Crippen LogP contribution is 2.42. The molecule has 196 valence electrons. The summed E-state index contributed by atoms with van der Waals surface area (Å²) in [6.45, 7) is 7.77. The van der Waals surface area contributed by atoms with E-state index in [1.54, 1.807) is 4.90 Å². The molecule has 0 N–H and O–H groups in total. The van der Waals surface area contributed by atoms with Crippen LogP contribution >= 0.6 is 0 Å². The molecule has 0 aliphatic carbocycles. The first-order chi connectivity index (χ1) is 18.0. The minimum absolute atomic E-state index is 0.0185. The predicted octanol–water partition coefficient (Wildman–Crippen LogP) is 4.63. The normalized spacial score (nSPS) is 23.5. The van der Waals surface area contributed by atoms with Crippen LogP contribution in [0.15, 0.2) is 36.4 Å². The highest BCUT2D eigenvalue weighted by molar-refractivity contribution is 5.92. The summed E-state index contributed by atoms with van der Waals surface area (Å²) in [6.07, 6.45) is 2.11. The first-order valence-corrected chi connectivity index (χ1v) is 13.4. The topological polar surface area (TPSA) is 77.5 Å². The fraction of sp³-hybridized carbons (Fsp3) is 0.517. The summed E-state index contributed by atoms with van der Waals surface area (Å²) in [5.41, 5.74) is 3.96. The molecule has 2 aromatic rings. The van der Waals surface area contributed by atoms with Gasteiger partial charge < -0.3 is 23.8 Å². The lowest BCUT2D eigenvalue weighted by molar-refractivity contribution is -0.137. The van der Waals surface area contributed by atoms with Gasteiger partial charge in [-0.05, 0) is 54.2 Å². The fourth-order valence-electron chi connectivity index (χ4n) is 5.81. The van der Waals surface area contributed by atoms with Gasteiger partial charge in [-0.15, -0.1) is 0 Å². The monoisotopic (exact) mass is 506 g/mol. The molecule has 2 aromatic carbocycles. The van der Waals surface area contributed by atoms with E-state index in [2.05, 4.69) is 19.9 Å². The lowest BCUT2D eigenvalue weighted by Gasteiger charge is -2.27. The molecule has 8 heteroatoms. The van der Waals surface area contributed by atoms with Gasteiger partial charge in [-0.25, -0.2) is 4.79 Å². The van der Waals surface area contributed by atoms with Crippen LogP contribution in [-0.4, -0.2) is 62.0 Å². The van der Waals surface area contributed by atoms with Crippen LogP contribution in [0.25, 0.3) is 11.1 Å². The molecule has 4 aliphatic rings. The highest BCUT2D eigenvalue weighted by Gasteiger charge is 2.37. The second-order valence-electron chi connectivity index (χ2n) is 10.7. The van der Waals surface area contributed by atoms with Crippen molar-refractivity contribution in [2.24, 2.45) is 11.8 Å². The zero-order valence-electron chi connectivity index (χ0n) is 21.5. The maximum absolute atomic E-state index is 12.9. The first kappa shape index (κ1) is 24.1. The Balaban J connectivity index is 1.17. The van der Waals surface area contributed by atoms with Crippen molar-refractivity contribution in [1.29, 1.82) is 0 Å². The highest BCUT2D eigenvalue weighted by atomic mass is 16.6. The summed E-state index contributed by atoms with van der Waals surface area (Å²) in [5.74, 6) is 2.10. The summed E-state index contributed by atoms with van der Waals surface area (Å²) < 4.78 is 23.1. The predicted molar refractivity (Wildman–Crippen MR) is 138 cm³/mol. The van der Waals surface area contributed by atoms with Crippen molar-refractivity contribution in [1.82, 2.24) is 4.90 Å². The first-order valence-electron chi connectivity index (χ1n) is 13.4.